The topological polar surface area (TPSA) is 76.4 Å². The molecule has 1 heterocycles. The number of guanidine groups is 1. The lowest BCUT2D eigenvalue weighted by molar-refractivity contribution is -0.137. The van der Waals surface area contributed by atoms with Crippen LogP contribution in [0.5, 0.6) is 5.75 Å². The minimum absolute atomic E-state index is 0.289. The van der Waals surface area contributed by atoms with Crippen LogP contribution in [0.25, 0.3) is 0 Å². The summed E-state index contributed by atoms with van der Waals surface area (Å²) >= 11 is 0. The predicted molar refractivity (Wildman–Crippen MR) is 95.7 cm³/mol. The van der Waals surface area contributed by atoms with Gasteiger partial charge in [-0.05, 0) is 24.3 Å². The first-order chi connectivity index (χ1) is 12.9. The van der Waals surface area contributed by atoms with Gasteiger partial charge in [0.15, 0.2) is 5.96 Å². The average Bonchev–Trinajstić information content (AvgIpc) is 3.10. The highest BCUT2D eigenvalue weighted by Gasteiger charge is 2.29. The molecule has 0 amide bonds. The van der Waals surface area contributed by atoms with Crippen LogP contribution in [0.2, 0.25) is 0 Å². The number of ether oxygens (including phenoxy) is 1. The lowest BCUT2D eigenvalue weighted by Gasteiger charge is -2.13. The Labute approximate surface area is 155 Å². The zero-order chi connectivity index (χ0) is 19.7. The van der Waals surface area contributed by atoms with Gasteiger partial charge in [0.25, 0.3) is 0 Å². The van der Waals surface area contributed by atoms with Gasteiger partial charge in [-0.25, -0.2) is 0 Å². The van der Waals surface area contributed by atoms with Gasteiger partial charge in [0.05, 0.1) is 12.1 Å². The van der Waals surface area contributed by atoms with Gasteiger partial charge in [-0.3, -0.25) is 4.99 Å². The van der Waals surface area contributed by atoms with Gasteiger partial charge in [-0.15, -0.1) is 10.2 Å². The van der Waals surface area contributed by atoms with Gasteiger partial charge < -0.3 is 19.9 Å². The maximum Gasteiger partial charge on any atom is 0.416 e. The van der Waals surface area contributed by atoms with Crippen molar-refractivity contribution in [2.24, 2.45) is 4.99 Å². The number of nitrogens with zero attached hydrogens (tertiary/aromatic N) is 4. The number of rotatable bonds is 8. The molecule has 27 heavy (non-hydrogen) atoms. The van der Waals surface area contributed by atoms with Crippen LogP contribution in [-0.4, -0.2) is 47.5 Å². The van der Waals surface area contributed by atoms with E-state index in [-0.39, 0.29) is 6.61 Å². The SMILES string of the molecule is CCc1nncn1CCNC(=NC)NCCOc1ccc(C(F)(F)F)cc1. The molecule has 0 aliphatic carbocycles. The Morgan fingerprint density at radius 1 is 1.19 bits per heavy atom. The van der Waals surface area contributed by atoms with Gasteiger partial charge in [-0.2, -0.15) is 13.2 Å². The van der Waals surface area contributed by atoms with E-state index in [0.29, 0.717) is 31.3 Å². The van der Waals surface area contributed by atoms with Crippen molar-refractivity contribution in [3.05, 3.63) is 42.0 Å². The van der Waals surface area contributed by atoms with E-state index in [1.165, 1.54) is 12.1 Å². The van der Waals surface area contributed by atoms with Crippen LogP contribution >= 0.6 is 0 Å². The van der Waals surface area contributed by atoms with E-state index < -0.39 is 11.7 Å². The second-order valence-electron chi connectivity index (χ2n) is 5.59. The fraction of sp³-hybridized carbons (Fsp3) is 0.471. The first kappa shape index (κ1) is 20.5. The number of hydrogen-bond acceptors (Lipinski definition) is 4. The van der Waals surface area contributed by atoms with Crippen molar-refractivity contribution in [3.63, 3.8) is 0 Å². The Bertz CT molecular complexity index is 727. The zero-order valence-electron chi connectivity index (χ0n) is 15.3. The molecule has 0 saturated carbocycles. The number of aryl methyl sites for hydroxylation is 1. The molecule has 0 radical (unpaired) electrons. The summed E-state index contributed by atoms with van der Waals surface area (Å²) < 4.78 is 44.9. The monoisotopic (exact) mass is 384 g/mol. The summed E-state index contributed by atoms with van der Waals surface area (Å²) in [4.78, 5) is 4.11. The largest absolute Gasteiger partial charge is 0.492 e. The number of hydrogen-bond donors (Lipinski definition) is 2. The summed E-state index contributed by atoms with van der Waals surface area (Å²) in [5.41, 5.74) is -0.697. The standard InChI is InChI=1S/C17H23F3N6O/c1-3-15-25-24-12-26(15)10-8-22-16(21-2)23-9-11-27-14-6-4-13(5-7-14)17(18,19)20/h4-7,12H,3,8-11H2,1-2H3,(H2,21,22,23). The van der Waals surface area contributed by atoms with Crippen LogP contribution in [0.15, 0.2) is 35.6 Å². The number of aromatic nitrogens is 3. The Morgan fingerprint density at radius 2 is 1.89 bits per heavy atom. The fourth-order valence-electron chi connectivity index (χ4n) is 2.33. The highest BCUT2D eigenvalue weighted by atomic mass is 19.4. The molecule has 2 N–H and O–H groups in total. The van der Waals surface area contributed by atoms with Gasteiger partial charge in [-0.1, -0.05) is 6.92 Å². The second kappa shape index (κ2) is 9.79. The van der Waals surface area contributed by atoms with Crippen LogP contribution < -0.4 is 15.4 Å². The predicted octanol–water partition coefficient (Wildman–Crippen LogP) is 2.10. The molecule has 0 aliphatic heterocycles. The van der Waals surface area contributed by atoms with Gasteiger partial charge in [0.1, 0.15) is 24.5 Å². The molecule has 0 unspecified atom stereocenters. The lowest BCUT2D eigenvalue weighted by atomic mass is 10.2. The van der Waals surface area contributed by atoms with Crippen molar-refractivity contribution in [1.82, 2.24) is 25.4 Å². The van der Waals surface area contributed by atoms with Gasteiger partial charge >= 0.3 is 6.18 Å². The molecule has 0 aliphatic rings. The molecule has 2 aromatic rings. The van der Waals surface area contributed by atoms with Crippen molar-refractivity contribution in [3.8, 4) is 5.75 Å². The summed E-state index contributed by atoms with van der Waals surface area (Å²) in [7, 11) is 1.66. The molecule has 0 bridgehead atoms. The normalized spacial score (nSPS) is 12.1. The Morgan fingerprint density at radius 3 is 2.52 bits per heavy atom. The van der Waals surface area contributed by atoms with E-state index in [2.05, 4.69) is 25.8 Å². The highest BCUT2D eigenvalue weighted by molar-refractivity contribution is 5.79. The van der Waals surface area contributed by atoms with E-state index in [1.54, 1.807) is 13.4 Å². The fourth-order valence-corrected chi connectivity index (χ4v) is 2.33. The van der Waals surface area contributed by atoms with Crippen LogP contribution in [0.1, 0.15) is 18.3 Å². The third-order valence-corrected chi connectivity index (χ3v) is 3.73. The van der Waals surface area contributed by atoms with E-state index in [0.717, 1.165) is 24.4 Å². The molecule has 0 spiro atoms. The van der Waals surface area contributed by atoms with Crippen molar-refractivity contribution in [2.75, 3.05) is 26.7 Å². The maximum absolute atomic E-state index is 12.5. The van der Waals surface area contributed by atoms with E-state index in [4.69, 9.17) is 4.74 Å². The van der Waals surface area contributed by atoms with Crippen LogP contribution in [0.4, 0.5) is 13.2 Å². The van der Waals surface area contributed by atoms with E-state index in [9.17, 15) is 13.2 Å². The molecule has 0 saturated heterocycles. The molecule has 1 aromatic heterocycles. The molecule has 7 nitrogen and oxygen atoms in total. The Balaban J connectivity index is 1.67. The van der Waals surface area contributed by atoms with Crippen LogP contribution in [-0.2, 0) is 19.1 Å². The Hall–Kier alpha value is -2.78. The van der Waals surface area contributed by atoms with Crippen molar-refractivity contribution in [1.29, 1.82) is 0 Å². The van der Waals surface area contributed by atoms with Gasteiger partial charge in [0.2, 0.25) is 0 Å². The molecule has 2 rings (SSSR count). The number of halogens is 3. The minimum Gasteiger partial charge on any atom is -0.492 e. The summed E-state index contributed by atoms with van der Waals surface area (Å²) in [5.74, 6) is 1.91. The zero-order valence-corrected chi connectivity index (χ0v) is 15.3. The molecule has 1 aromatic carbocycles. The van der Waals surface area contributed by atoms with Crippen molar-refractivity contribution in [2.45, 2.75) is 26.1 Å². The average molecular weight is 384 g/mol. The van der Waals surface area contributed by atoms with E-state index in [1.807, 2.05) is 11.5 Å². The van der Waals surface area contributed by atoms with Crippen LogP contribution in [0.3, 0.4) is 0 Å². The highest BCUT2D eigenvalue weighted by Crippen LogP contribution is 2.30. The molecule has 0 fully saturated rings. The number of alkyl halides is 3. The molecular weight excluding hydrogens is 361 g/mol. The second-order valence-corrected chi connectivity index (χ2v) is 5.59. The maximum atomic E-state index is 12.5. The molecule has 148 valence electrons. The van der Waals surface area contributed by atoms with E-state index >= 15 is 0 Å². The quantitative estimate of drug-likeness (QED) is 0.414. The molecular formula is C17H23F3N6O. The number of nitrogens with one attached hydrogen (secondary N) is 2. The number of benzene rings is 1. The third kappa shape index (κ3) is 6.46. The van der Waals surface area contributed by atoms with Gasteiger partial charge in [0, 0.05) is 26.6 Å². The summed E-state index contributed by atoms with van der Waals surface area (Å²) in [6.07, 6.45) is -1.84. The lowest BCUT2D eigenvalue weighted by Crippen LogP contribution is -2.40. The summed E-state index contributed by atoms with van der Waals surface area (Å²) in [6, 6.07) is 4.61. The smallest absolute Gasteiger partial charge is 0.416 e. The third-order valence-electron chi connectivity index (χ3n) is 3.73. The summed E-state index contributed by atoms with van der Waals surface area (Å²) in [6.45, 7) is 4.11. The number of aliphatic imine (C=N–C) groups is 1. The first-order valence-electron chi connectivity index (χ1n) is 8.55. The summed E-state index contributed by atoms with van der Waals surface area (Å²) in [5, 5.41) is 14.1. The van der Waals surface area contributed by atoms with Crippen molar-refractivity contribution < 1.29 is 17.9 Å². The van der Waals surface area contributed by atoms with Crippen LogP contribution in [0, 0.1) is 0 Å². The van der Waals surface area contributed by atoms with Crippen molar-refractivity contribution >= 4 is 5.96 Å². The Kier molecular flexibility index (Phi) is 7.44. The molecule has 0 atom stereocenters. The molecule has 10 heteroatoms. The minimum atomic E-state index is -4.34. The first-order valence-corrected chi connectivity index (χ1v) is 8.55.